The summed E-state index contributed by atoms with van der Waals surface area (Å²) in [6.45, 7) is 2.58. The van der Waals surface area contributed by atoms with Crippen molar-refractivity contribution in [2.24, 2.45) is 5.73 Å². The Morgan fingerprint density at radius 3 is 2.64 bits per heavy atom. The van der Waals surface area contributed by atoms with Gasteiger partial charge in [0.2, 0.25) is 0 Å². The van der Waals surface area contributed by atoms with E-state index in [0.717, 1.165) is 24.2 Å². The molecule has 0 unspecified atom stereocenters. The molecule has 3 nitrogen and oxygen atoms in total. The first-order valence-electron chi connectivity index (χ1n) is 4.97. The van der Waals surface area contributed by atoms with E-state index < -0.39 is 0 Å². The molecule has 4 N–H and O–H groups in total. The quantitative estimate of drug-likeness (QED) is 0.715. The van der Waals surface area contributed by atoms with E-state index in [4.69, 9.17) is 16.2 Å². The lowest BCUT2D eigenvalue weighted by Gasteiger charge is -2.12. The highest BCUT2D eigenvalue weighted by atomic mass is 16.5. The van der Waals surface area contributed by atoms with E-state index in [0.29, 0.717) is 12.3 Å². The van der Waals surface area contributed by atoms with Crippen LogP contribution in [0.3, 0.4) is 0 Å². The molecule has 1 aliphatic rings. The minimum absolute atomic E-state index is 0.112. The van der Waals surface area contributed by atoms with Crippen molar-refractivity contribution in [1.29, 1.82) is 0 Å². The Morgan fingerprint density at radius 2 is 2.14 bits per heavy atom. The molecule has 1 aliphatic carbocycles. The highest BCUT2D eigenvalue weighted by Crippen LogP contribution is 2.44. The maximum absolute atomic E-state index is 6.06. The average molecular weight is 192 g/mol. The first kappa shape index (κ1) is 9.34. The Kier molecular flexibility index (Phi) is 2.11. The SMILES string of the molecule is CCOc1ccc(C2(N)CC2)cc1N. The Hall–Kier alpha value is -1.22. The van der Waals surface area contributed by atoms with Crippen molar-refractivity contribution in [2.45, 2.75) is 25.3 Å². The Balaban J connectivity index is 2.26. The van der Waals surface area contributed by atoms with E-state index in [1.807, 2.05) is 25.1 Å². The molecule has 2 rings (SSSR count). The maximum atomic E-state index is 6.06. The molecule has 0 bridgehead atoms. The van der Waals surface area contributed by atoms with Crippen LogP contribution in [0.5, 0.6) is 5.75 Å². The lowest BCUT2D eigenvalue weighted by atomic mass is 10.1. The molecule has 0 saturated heterocycles. The van der Waals surface area contributed by atoms with Crippen molar-refractivity contribution in [3.05, 3.63) is 23.8 Å². The fourth-order valence-electron chi connectivity index (χ4n) is 1.57. The maximum Gasteiger partial charge on any atom is 0.142 e. The van der Waals surface area contributed by atoms with Gasteiger partial charge in [0.15, 0.2) is 0 Å². The van der Waals surface area contributed by atoms with Crippen LogP contribution in [0, 0.1) is 0 Å². The lowest BCUT2D eigenvalue weighted by Crippen LogP contribution is -2.18. The minimum atomic E-state index is -0.112. The van der Waals surface area contributed by atoms with Crippen molar-refractivity contribution in [3.63, 3.8) is 0 Å². The Bertz CT molecular complexity index is 345. The molecule has 0 spiro atoms. The summed E-state index contributed by atoms with van der Waals surface area (Å²) in [5.41, 5.74) is 13.6. The number of hydrogen-bond acceptors (Lipinski definition) is 3. The third-order valence-electron chi connectivity index (χ3n) is 2.67. The molecule has 0 amide bonds. The van der Waals surface area contributed by atoms with Gasteiger partial charge in [0, 0.05) is 5.54 Å². The molecule has 3 heteroatoms. The highest BCUT2D eigenvalue weighted by Gasteiger charge is 2.40. The van der Waals surface area contributed by atoms with E-state index in [1.165, 1.54) is 0 Å². The van der Waals surface area contributed by atoms with Crippen LogP contribution in [0.4, 0.5) is 5.69 Å². The van der Waals surface area contributed by atoms with Gasteiger partial charge in [0.25, 0.3) is 0 Å². The molecule has 1 aromatic carbocycles. The van der Waals surface area contributed by atoms with E-state index in [2.05, 4.69) is 0 Å². The van der Waals surface area contributed by atoms with Crippen LogP contribution >= 0.6 is 0 Å². The molecule has 0 atom stereocenters. The average Bonchev–Trinajstić information content (AvgIpc) is 2.89. The van der Waals surface area contributed by atoms with E-state index >= 15 is 0 Å². The molecule has 0 aliphatic heterocycles. The molecular formula is C11H16N2O. The van der Waals surface area contributed by atoms with Crippen LogP contribution in [0.15, 0.2) is 18.2 Å². The molecule has 1 fully saturated rings. The summed E-state index contributed by atoms with van der Waals surface area (Å²) < 4.78 is 5.36. The van der Waals surface area contributed by atoms with Crippen LogP contribution in [-0.4, -0.2) is 6.61 Å². The molecule has 0 heterocycles. The van der Waals surface area contributed by atoms with Crippen molar-refractivity contribution in [2.75, 3.05) is 12.3 Å². The third-order valence-corrected chi connectivity index (χ3v) is 2.67. The topological polar surface area (TPSA) is 61.3 Å². The van der Waals surface area contributed by atoms with E-state index in [1.54, 1.807) is 0 Å². The molecular weight excluding hydrogens is 176 g/mol. The van der Waals surface area contributed by atoms with Gasteiger partial charge in [0.05, 0.1) is 12.3 Å². The smallest absolute Gasteiger partial charge is 0.142 e. The summed E-state index contributed by atoms with van der Waals surface area (Å²) in [5, 5.41) is 0. The van der Waals surface area contributed by atoms with Crippen LogP contribution in [0.1, 0.15) is 25.3 Å². The van der Waals surface area contributed by atoms with Crippen molar-refractivity contribution in [3.8, 4) is 5.75 Å². The lowest BCUT2D eigenvalue weighted by molar-refractivity contribution is 0.342. The van der Waals surface area contributed by atoms with Crippen molar-refractivity contribution in [1.82, 2.24) is 0 Å². The predicted octanol–water partition coefficient (Wildman–Crippen LogP) is 1.62. The van der Waals surface area contributed by atoms with Gasteiger partial charge in [-0.05, 0) is 37.5 Å². The van der Waals surface area contributed by atoms with Crippen LogP contribution in [0.25, 0.3) is 0 Å². The second kappa shape index (κ2) is 3.17. The molecule has 1 aromatic rings. The number of anilines is 1. The number of nitrogen functional groups attached to an aromatic ring is 1. The first-order chi connectivity index (χ1) is 6.65. The van der Waals surface area contributed by atoms with Crippen LogP contribution < -0.4 is 16.2 Å². The number of rotatable bonds is 3. The minimum Gasteiger partial charge on any atom is -0.492 e. The van der Waals surface area contributed by atoms with Crippen LogP contribution in [0.2, 0.25) is 0 Å². The second-order valence-electron chi connectivity index (χ2n) is 3.84. The number of ether oxygens (including phenoxy) is 1. The Labute approximate surface area is 84.0 Å². The summed E-state index contributed by atoms with van der Waals surface area (Å²) in [4.78, 5) is 0. The zero-order valence-corrected chi connectivity index (χ0v) is 8.42. The molecule has 14 heavy (non-hydrogen) atoms. The zero-order valence-electron chi connectivity index (χ0n) is 8.42. The molecule has 1 saturated carbocycles. The molecule has 0 radical (unpaired) electrons. The summed E-state index contributed by atoms with van der Waals surface area (Å²) in [6.07, 6.45) is 2.11. The fourth-order valence-corrected chi connectivity index (χ4v) is 1.57. The molecule has 0 aromatic heterocycles. The van der Waals surface area contributed by atoms with Gasteiger partial charge in [-0.1, -0.05) is 6.07 Å². The first-order valence-corrected chi connectivity index (χ1v) is 4.97. The standard InChI is InChI=1S/C11H16N2O/c1-2-14-10-4-3-8(7-9(10)12)11(13)5-6-11/h3-4,7H,2,5-6,12-13H2,1H3. The zero-order chi connectivity index (χ0) is 10.2. The van der Waals surface area contributed by atoms with Gasteiger partial charge in [-0.25, -0.2) is 0 Å². The third kappa shape index (κ3) is 1.55. The summed E-state index contributed by atoms with van der Waals surface area (Å²) >= 11 is 0. The summed E-state index contributed by atoms with van der Waals surface area (Å²) in [5.74, 6) is 0.750. The predicted molar refractivity (Wildman–Crippen MR) is 57.1 cm³/mol. The van der Waals surface area contributed by atoms with Gasteiger partial charge in [-0.3, -0.25) is 0 Å². The van der Waals surface area contributed by atoms with Crippen LogP contribution in [-0.2, 0) is 5.54 Å². The highest BCUT2D eigenvalue weighted by molar-refractivity contribution is 5.56. The normalized spacial score (nSPS) is 17.9. The van der Waals surface area contributed by atoms with Crippen molar-refractivity contribution < 1.29 is 4.74 Å². The van der Waals surface area contributed by atoms with Gasteiger partial charge < -0.3 is 16.2 Å². The van der Waals surface area contributed by atoms with Crippen molar-refractivity contribution >= 4 is 5.69 Å². The number of benzene rings is 1. The van der Waals surface area contributed by atoms with E-state index in [-0.39, 0.29) is 5.54 Å². The monoisotopic (exact) mass is 192 g/mol. The largest absolute Gasteiger partial charge is 0.492 e. The van der Waals surface area contributed by atoms with Gasteiger partial charge >= 0.3 is 0 Å². The van der Waals surface area contributed by atoms with Gasteiger partial charge in [-0.2, -0.15) is 0 Å². The Morgan fingerprint density at radius 1 is 1.43 bits per heavy atom. The summed E-state index contributed by atoms with van der Waals surface area (Å²) in [7, 11) is 0. The van der Waals surface area contributed by atoms with E-state index in [9.17, 15) is 0 Å². The van der Waals surface area contributed by atoms with Gasteiger partial charge in [0.1, 0.15) is 5.75 Å². The summed E-state index contributed by atoms with van der Waals surface area (Å²) in [6, 6.07) is 5.84. The number of nitrogens with two attached hydrogens (primary N) is 2. The molecule has 76 valence electrons. The number of hydrogen-bond donors (Lipinski definition) is 2. The second-order valence-corrected chi connectivity index (χ2v) is 3.84. The van der Waals surface area contributed by atoms with Gasteiger partial charge in [-0.15, -0.1) is 0 Å². The fraction of sp³-hybridized carbons (Fsp3) is 0.455.